The molecule has 102 valence electrons. The predicted molar refractivity (Wildman–Crippen MR) is 76.5 cm³/mol. The Bertz CT molecular complexity index is 413. The van der Waals surface area contributed by atoms with E-state index in [9.17, 15) is 10.4 Å². The van der Waals surface area contributed by atoms with E-state index in [0.717, 1.165) is 31.2 Å². The molecule has 1 aliphatic rings. The molecule has 1 atom stereocenters. The van der Waals surface area contributed by atoms with E-state index in [1.54, 1.807) is 0 Å². The van der Waals surface area contributed by atoms with Crippen molar-refractivity contribution in [3.8, 4) is 6.07 Å². The Kier molecular flexibility index (Phi) is 4.99. The van der Waals surface area contributed by atoms with E-state index >= 15 is 0 Å². The molecule has 0 saturated heterocycles. The van der Waals surface area contributed by atoms with E-state index in [1.165, 1.54) is 19.3 Å². The van der Waals surface area contributed by atoms with Gasteiger partial charge >= 0.3 is 0 Å². The van der Waals surface area contributed by atoms with E-state index in [-0.39, 0.29) is 0 Å². The van der Waals surface area contributed by atoms with E-state index in [1.807, 2.05) is 30.3 Å². The highest BCUT2D eigenvalue weighted by molar-refractivity contribution is 5.18. The summed E-state index contributed by atoms with van der Waals surface area (Å²) >= 11 is 0. The van der Waals surface area contributed by atoms with Crippen LogP contribution in [0.1, 0.15) is 50.5 Å². The molecule has 1 aromatic carbocycles. The fourth-order valence-electron chi connectivity index (χ4n) is 3.09. The number of rotatable bonds is 3. The van der Waals surface area contributed by atoms with Gasteiger partial charge in [-0.05, 0) is 24.8 Å². The van der Waals surface area contributed by atoms with Crippen molar-refractivity contribution in [2.24, 2.45) is 5.41 Å². The van der Waals surface area contributed by atoms with E-state index < -0.39 is 11.5 Å². The van der Waals surface area contributed by atoms with Crippen LogP contribution in [-0.4, -0.2) is 11.2 Å². The molecule has 0 heterocycles. The van der Waals surface area contributed by atoms with Crippen LogP contribution in [-0.2, 0) is 6.42 Å². The summed E-state index contributed by atoms with van der Waals surface area (Å²) in [5.74, 6) is 0. The van der Waals surface area contributed by atoms with Crippen molar-refractivity contribution in [3.05, 3.63) is 35.9 Å². The van der Waals surface area contributed by atoms with Crippen LogP contribution in [0.25, 0.3) is 0 Å². The Hall–Kier alpha value is -1.33. The largest absolute Gasteiger partial charge is 0.391 e. The predicted octanol–water partition coefficient (Wildman–Crippen LogP) is 3.84. The Morgan fingerprint density at radius 2 is 1.63 bits per heavy atom. The highest BCUT2D eigenvalue weighted by atomic mass is 16.3. The summed E-state index contributed by atoms with van der Waals surface area (Å²) in [6.45, 7) is 0. The van der Waals surface area contributed by atoms with Crippen molar-refractivity contribution in [1.29, 1.82) is 5.26 Å². The number of aliphatic hydroxyl groups is 1. The monoisotopic (exact) mass is 257 g/mol. The van der Waals surface area contributed by atoms with Gasteiger partial charge in [-0.1, -0.05) is 62.4 Å². The van der Waals surface area contributed by atoms with Gasteiger partial charge in [-0.15, -0.1) is 0 Å². The molecule has 0 amide bonds. The first-order valence-electron chi connectivity index (χ1n) is 7.40. The first kappa shape index (κ1) is 14.1. The molecule has 0 aliphatic heterocycles. The second-order valence-electron chi connectivity index (χ2n) is 5.74. The standard InChI is InChI=1S/C17H23NO/c18-14-17(11-7-2-1-3-8-12-17)16(19)13-15-9-5-4-6-10-15/h4-6,9-10,16,19H,1-3,7-8,11-13H2. The molecule has 0 aromatic heterocycles. The minimum Gasteiger partial charge on any atom is -0.391 e. The van der Waals surface area contributed by atoms with Gasteiger partial charge in [-0.3, -0.25) is 0 Å². The van der Waals surface area contributed by atoms with Gasteiger partial charge in [0.15, 0.2) is 0 Å². The van der Waals surface area contributed by atoms with Gasteiger partial charge in [0.2, 0.25) is 0 Å². The van der Waals surface area contributed by atoms with Gasteiger partial charge in [0, 0.05) is 0 Å². The maximum absolute atomic E-state index is 10.6. The lowest BCUT2D eigenvalue weighted by molar-refractivity contribution is 0.0449. The number of benzene rings is 1. The summed E-state index contributed by atoms with van der Waals surface area (Å²) in [6, 6.07) is 12.5. The first-order chi connectivity index (χ1) is 9.27. The van der Waals surface area contributed by atoms with Crippen LogP contribution >= 0.6 is 0 Å². The van der Waals surface area contributed by atoms with Crippen molar-refractivity contribution in [3.63, 3.8) is 0 Å². The van der Waals surface area contributed by atoms with Crippen LogP contribution in [0.5, 0.6) is 0 Å². The van der Waals surface area contributed by atoms with E-state index in [2.05, 4.69) is 6.07 Å². The Labute approximate surface area is 116 Å². The number of nitrogens with zero attached hydrogens (tertiary/aromatic N) is 1. The molecule has 2 rings (SSSR count). The van der Waals surface area contributed by atoms with Crippen molar-refractivity contribution < 1.29 is 5.11 Å². The summed E-state index contributed by atoms with van der Waals surface area (Å²) in [5, 5.41) is 20.2. The fraction of sp³-hybridized carbons (Fsp3) is 0.588. The molecule has 0 bridgehead atoms. The number of hydrogen-bond donors (Lipinski definition) is 1. The smallest absolute Gasteiger partial charge is 0.0835 e. The topological polar surface area (TPSA) is 44.0 Å². The Morgan fingerprint density at radius 3 is 2.21 bits per heavy atom. The van der Waals surface area contributed by atoms with Gasteiger partial charge in [0.1, 0.15) is 0 Å². The quantitative estimate of drug-likeness (QED) is 0.894. The molecule has 1 aromatic rings. The average molecular weight is 257 g/mol. The van der Waals surface area contributed by atoms with Gasteiger partial charge in [0.25, 0.3) is 0 Å². The molecule has 1 unspecified atom stereocenters. The molecule has 2 nitrogen and oxygen atoms in total. The molecule has 1 saturated carbocycles. The van der Waals surface area contributed by atoms with Gasteiger partial charge in [-0.2, -0.15) is 5.26 Å². The number of aliphatic hydroxyl groups excluding tert-OH is 1. The normalized spacial score (nSPS) is 20.8. The van der Waals surface area contributed by atoms with Crippen LogP contribution in [0.15, 0.2) is 30.3 Å². The first-order valence-corrected chi connectivity index (χ1v) is 7.40. The molecule has 19 heavy (non-hydrogen) atoms. The zero-order valence-corrected chi connectivity index (χ0v) is 11.5. The maximum Gasteiger partial charge on any atom is 0.0835 e. The molecule has 2 heteroatoms. The lowest BCUT2D eigenvalue weighted by Gasteiger charge is -2.33. The average Bonchev–Trinajstić information content (AvgIpc) is 2.40. The molecule has 1 aliphatic carbocycles. The van der Waals surface area contributed by atoms with Crippen molar-refractivity contribution >= 4 is 0 Å². The van der Waals surface area contributed by atoms with Crippen LogP contribution in [0.3, 0.4) is 0 Å². The summed E-state index contributed by atoms with van der Waals surface area (Å²) in [4.78, 5) is 0. The summed E-state index contributed by atoms with van der Waals surface area (Å²) in [7, 11) is 0. The zero-order chi connectivity index (χ0) is 13.6. The van der Waals surface area contributed by atoms with Crippen molar-refractivity contribution in [1.82, 2.24) is 0 Å². The third-order valence-electron chi connectivity index (χ3n) is 4.38. The summed E-state index contributed by atoms with van der Waals surface area (Å²) in [6.07, 6.45) is 7.54. The lowest BCUT2D eigenvalue weighted by Crippen LogP contribution is -2.36. The molecule has 1 fully saturated rings. The van der Waals surface area contributed by atoms with Crippen molar-refractivity contribution in [2.45, 2.75) is 57.5 Å². The molecule has 0 spiro atoms. The van der Waals surface area contributed by atoms with Crippen LogP contribution in [0, 0.1) is 16.7 Å². The Morgan fingerprint density at radius 1 is 1.05 bits per heavy atom. The highest BCUT2D eigenvalue weighted by Gasteiger charge is 2.37. The van der Waals surface area contributed by atoms with Gasteiger partial charge < -0.3 is 5.11 Å². The van der Waals surface area contributed by atoms with Crippen LogP contribution < -0.4 is 0 Å². The third kappa shape index (κ3) is 3.58. The lowest BCUT2D eigenvalue weighted by atomic mass is 9.72. The maximum atomic E-state index is 10.6. The molecule has 1 N–H and O–H groups in total. The molecular weight excluding hydrogens is 234 g/mol. The fourth-order valence-corrected chi connectivity index (χ4v) is 3.09. The van der Waals surface area contributed by atoms with Crippen LogP contribution in [0.4, 0.5) is 0 Å². The van der Waals surface area contributed by atoms with Crippen LogP contribution in [0.2, 0.25) is 0 Å². The van der Waals surface area contributed by atoms with Gasteiger partial charge in [0.05, 0.1) is 17.6 Å². The molecule has 0 radical (unpaired) electrons. The highest BCUT2D eigenvalue weighted by Crippen LogP contribution is 2.38. The zero-order valence-electron chi connectivity index (χ0n) is 11.5. The van der Waals surface area contributed by atoms with E-state index in [0.29, 0.717) is 6.42 Å². The second kappa shape index (κ2) is 6.73. The number of hydrogen-bond acceptors (Lipinski definition) is 2. The van der Waals surface area contributed by atoms with Gasteiger partial charge in [-0.25, -0.2) is 0 Å². The second-order valence-corrected chi connectivity index (χ2v) is 5.74. The minimum atomic E-state index is -0.544. The molecular formula is C17H23NO. The summed E-state index contributed by atoms with van der Waals surface area (Å²) < 4.78 is 0. The summed E-state index contributed by atoms with van der Waals surface area (Å²) in [5.41, 5.74) is 0.586. The number of nitriles is 1. The third-order valence-corrected chi connectivity index (χ3v) is 4.38. The van der Waals surface area contributed by atoms with Crippen molar-refractivity contribution in [2.75, 3.05) is 0 Å². The Balaban J connectivity index is 2.08. The van der Waals surface area contributed by atoms with E-state index in [4.69, 9.17) is 0 Å². The minimum absolute atomic E-state index is 0.531. The SMILES string of the molecule is N#CC1(C(O)Cc2ccccc2)CCCCCCC1.